The first-order valence-electron chi connectivity index (χ1n) is 6.52. The molecule has 0 radical (unpaired) electrons. The number of nitrogens with two attached hydrogens (primary N) is 1. The van der Waals surface area contributed by atoms with E-state index < -0.39 is 0 Å². The second kappa shape index (κ2) is 6.23. The number of carbonyl (C=O) groups excluding carboxylic acids is 1. The molecule has 3 nitrogen and oxygen atoms in total. The third kappa shape index (κ3) is 3.48. The Balaban J connectivity index is 1.99. The van der Waals surface area contributed by atoms with E-state index in [-0.39, 0.29) is 11.8 Å². The van der Waals surface area contributed by atoms with Crippen LogP contribution in [0.15, 0.2) is 22.7 Å². The smallest absolute Gasteiger partial charge is 0.227 e. The predicted molar refractivity (Wildman–Crippen MR) is 78.4 cm³/mol. The van der Waals surface area contributed by atoms with Crippen LogP contribution >= 0.6 is 15.9 Å². The van der Waals surface area contributed by atoms with Gasteiger partial charge >= 0.3 is 0 Å². The summed E-state index contributed by atoms with van der Waals surface area (Å²) in [5.41, 5.74) is 7.22. The van der Waals surface area contributed by atoms with Crippen LogP contribution in [0.5, 0.6) is 0 Å². The lowest BCUT2D eigenvalue weighted by Gasteiger charge is -2.14. The van der Waals surface area contributed by atoms with Crippen LogP contribution in [0.2, 0.25) is 0 Å². The summed E-state index contributed by atoms with van der Waals surface area (Å²) in [6.45, 7) is 0. The maximum Gasteiger partial charge on any atom is 0.227 e. The lowest BCUT2D eigenvalue weighted by molar-refractivity contribution is -0.120. The molecule has 18 heavy (non-hydrogen) atoms. The van der Waals surface area contributed by atoms with Crippen molar-refractivity contribution in [3.63, 3.8) is 0 Å². The molecular weight excluding hydrogens is 292 g/mol. The van der Waals surface area contributed by atoms with E-state index in [1.54, 1.807) is 6.07 Å². The summed E-state index contributed by atoms with van der Waals surface area (Å²) < 4.78 is 0.821. The van der Waals surface area contributed by atoms with Gasteiger partial charge in [-0.3, -0.25) is 4.79 Å². The molecule has 0 spiro atoms. The molecule has 0 saturated heterocycles. The van der Waals surface area contributed by atoms with Crippen LogP contribution in [0.1, 0.15) is 38.5 Å². The Morgan fingerprint density at radius 2 is 1.89 bits per heavy atom. The van der Waals surface area contributed by atoms with Gasteiger partial charge in [-0.25, -0.2) is 0 Å². The summed E-state index contributed by atoms with van der Waals surface area (Å²) in [5, 5.41) is 2.98. The number of carbonyl (C=O) groups is 1. The molecule has 0 unspecified atom stereocenters. The lowest BCUT2D eigenvalue weighted by atomic mass is 9.99. The molecule has 1 amide bonds. The van der Waals surface area contributed by atoms with Crippen molar-refractivity contribution in [2.24, 2.45) is 5.92 Å². The summed E-state index contributed by atoms with van der Waals surface area (Å²) in [6, 6.07) is 5.49. The number of hydrogen-bond acceptors (Lipinski definition) is 2. The fourth-order valence-electron chi connectivity index (χ4n) is 2.39. The molecule has 3 N–H and O–H groups in total. The number of hydrogen-bond donors (Lipinski definition) is 2. The van der Waals surface area contributed by atoms with Gasteiger partial charge in [0.05, 0.1) is 0 Å². The third-order valence-corrected chi connectivity index (χ3v) is 4.18. The third-order valence-electron chi connectivity index (χ3n) is 3.49. The molecule has 0 bridgehead atoms. The van der Waals surface area contributed by atoms with E-state index >= 15 is 0 Å². The summed E-state index contributed by atoms with van der Waals surface area (Å²) in [6.07, 6.45) is 6.89. The minimum absolute atomic E-state index is 0.147. The average molecular weight is 311 g/mol. The van der Waals surface area contributed by atoms with Gasteiger partial charge in [0.15, 0.2) is 0 Å². The van der Waals surface area contributed by atoms with Crippen molar-refractivity contribution in [1.82, 2.24) is 0 Å². The number of amides is 1. The number of nitrogen functional groups attached to an aromatic ring is 1. The number of halogens is 1. The van der Waals surface area contributed by atoms with Gasteiger partial charge in [0, 0.05) is 21.8 Å². The van der Waals surface area contributed by atoms with Gasteiger partial charge < -0.3 is 11.1 Å². The molecule has 1 aromatic carbocycles. The van der Waals surface area contributed by atoms with Gasteiger partial charge in [-0.1, -0.05) is 25.7 Å². The molecule has 1 aromatic rings. The maximum atomic E-state index is 12.2. The van der Waals surface area contributed by atoms with Crippen LogP contribution < -0.4 is 11.1 Å². The molecule has 0 heterocycles. The van der Waals surface area contributed by atoms with Crippen LogP contribution in [-0.4, -0.2) is 5.91 Å². The highest BCUT2D eigenvalue weighted by Gasteiger charge is 2.20. The summed E-state index contributed by atoms with van der Waals surface area (Å²) in [5.74, 6) is 0.317. The van der Waals surface area contributed by atoms with Gasteiger partial charge in [-0.05, 0) is 47.0 Å². The van der Waals surface area contributed by atoms with Crippen molar-refractivity contribution in [1.29, 1.82) is 0 Å². The van der Waals surface area contributed by atoms with Crippen molar-refractivity contribution >= 4 is 33.2 Å². The number of rotatable bonds is 2. The van der Waals surface area contributed by atoms with E-state index in [1.165, 1.54) is 25.7 Å². The molecule has 0 atom stereocenters. The molecule has 1 fully saturated rings. The highest BCUT2D eigenvalue weighted by molar-refractivity contribution is 9.10. The van der Waals surface area contributed by atoms with E-state index in [0.29, 0.717) is 5.69 Å². The molecule has 1 saturated carbocycles. The van der Waals surface area contributed by atoms with E-state index in [9.17, 15) is 4.79 Å². The van der Waals surface area contributed by atoms with Gasteiger partial charge in [0.25, 0.3) is 0 Å². The second-order valence-corrected chi connectivity index (χ2v) is 5.77. The standard InChI is InChI=1S/C14H19BrN2O/c15-12-9-11(7-8-13(12)16)17-14(18)10-5-3-1-2-4-6-10/h7-10H,1-6,16H2,(H,17,18). The van der Waals surface area contributed by atoms with Crippen LogP contribution in [0, 0.1) is 5.92 Å². The minimum Gasteiger partial charge on any atom is -0.398 e. The van der Waals surface area contributed by atoms with E-state index in [0.717, 1.165) is 23.0 Å². The lowest BCUT2D eigenvalue weighted by Crippen LogP contribution is -2.22. The fourth-order valence-corrected chi connectivity index (χ4v) is 2.77. The Morgan fingerprint density at radius 3 is 2.50 bits per heavy atom. The van der Waals surface area contributed by atoms with Gasteiger partial charge in [0.1, 0.15) is 0 Å². The number of nitrogens with one attached hydrogen (secondary N) is 1. The first kappa shape index (κ1) is 13.4. The Bertz CT molecular complexity index is 426. The quantitative estimate of drug-likeness (QED) is 0.642. The van der Waals surface area contributed by atoms with Crippen LogP contribution in [0.3, 0.4) is 0 Å². The van der Waals surface area contributed by atoms with Crippen molar-refractivity contribution < 1.29 is 4.79 Å². The zero-order chi connectivity index (χ0) is 13.0. The molecule has 1 aliphatic carbocycles. The van der Waals surface area contributed by atoms with Crippen molar-refractivity contribution in [3.05, 3.63) is 22.7 Å². The first-order chi connectivity index (χ1) is 8.66. The Hall–Kier alpha value is -1.03. The maximum absolute atomic E-state index is 12.2. The number of anilines is 2. The van der Waals surface area contributed by atoms with E-state index in [2.05, 4.69) is 21.2 Å². The van der Waals surface area contributed by atoms with Gasteiger partial charge in [-0.2, -0.15) is 0 Å². The largest absolute Gasteiger partial charge is 0.398 e. The summed E-state index contributed by atoms with van der Waals surface area (Å²) in [7, 11) is 0. The van der Waals surface area contributed by atoms with Gasteiger partial charge in [0.2, 0.25) is 5.91 Å². The Morgan fingerprint density at radius 1 is 1.22 bits per heavy atom. The highest BCUT2D eigenvalue weighted by atomic mass is 79.9. The second-order valence-electron chi connectivity index (χ2n) is 4.91. The Labute approximate surface area is 116 Å². The molecule has 0 aliphatic heterocycles. The van der Waals surface area contributed by atoms with Crippen LogP contribution in [0.25, 0.3) is 0 Å². The van der Waals surface area contributed by atoms with Crippen molar-refractivity contribution in [2.45, 2.75) is 38.5 Å². The zero-order valence-electron chi connectivity index (χ0n) is 10.4. The molecule has 4 heteroatoms. The minimum atomic E-state index is 0.147. The molecule has 0 aromatic heterocycles. The van der Waals surface area contributed by atoms with Crippen LogP contribution in [-0.2, 0) is 4.79 Å². The van der Waals surface area contributed by atoms with Gasteiger partial charge in [-0.15, -0.1) is 0 Å². The topological polar surface area (TPSA) is 55.1 Å². The monoisotopic (exact) mass is 310 g/mol. The SMILES string of the molecule is Nc1ccc(NC(=O)C2CCCCCC2)cc1Br. The van der Waals surface area contributed by atoms with E-state index in [4.69, 9.17) is 5.73 Å². The number of benzene rings is 1. The summed E-state index contributed by atoms with van der Waals surface area (Å²) >= 11 is 3.37. The fraction of sp³-hybridized carbons (Fsp3) is 0.500. The van der Waals surface area contributed by atoms with E-state index in [1.807, 2.05) is 12.1 Å². The highest BCUT2D eigenvalue weighted by Crippen LogP contribution is 2.26. The van der Waals surface area contributed by atoms with Crippen molar-refractivity contribution in [3.8, 4) is 0 Å². The summed E-state index contributed by atoms with van der Waals surface area (Å²) in [4.78, 5) is 12.2. The average Bonchev–Trinajstić information content (AvgIpc) is 2.62. The Kier molecular flexibility index (Phi) is 4.64. The van der Waals surface area contributed by atoms with Crippen LogP contribution in [0.4, 0.5) is 11.4 Å². The first-order valence-corrected chi connectivity index (χ1v) is 7.32. The van der Waals surface area contributed by atoms with Crippen molar-refractivity contribution in [2.75, 3.05) is 11.1 Å². The molecule has 1 aliphatic rings. The predicted octanol–water partition coefficient (Wildman–Crippen LogP) is 3.94. The zero-order valence-corrected chi connectivity index (χ0v) is 12.0. The molecular formula is C14H19BrN2O. The normalized spacial score (nSPS) is 17.2. The molecule has 2 rings (SSSR count). The molecule has 98 valence electrons.